The van der Waals surface area contributed by atoms with Crippen LogP contribution in [0.25, 0.3) is 0 Å². The molecule has 5 nitrogen and oxygen atoms in total. The van der Waals surface area contributed by atoms with Gasteiger partial charge in [0.05, 0.1) is 17.8 Å². The zero-order valence-electron chi connectivity index (χ0n) is 18.0. The maximum absolute atomic E-state index is 5.77. The first kappa shape index (κ1) is 20.5. The summed E-state index contributed by atoms with van der Waals surface area (Å²) in [6.45, 7) is 10.6. The highest BCUT2D eigenvalue weighted by molar-refractivity contribution is 7.80. The lowest BCUT2D eigenvalue weighted by Crippen LogP contribution is -2.33. The Hall–Kier alpha value is -2.73. The van der Waals surface area contributed by atoms with E-state index < -0.39 is 0 Å². The summed E-state index contributed by atoms with van der Waals surface area (Å²) < 4.78 is 2.37. The van der Waals surface area contributed by atoms with Crippen LogP contribution in [-0.2, 0) is 6.54 Å². The molecule has 0 unspecified atom stereocenters. The van der Waals surface area contributed by atoms with Gasteiger partial charge < -0.3 is 14.8 Å². The predicted octanol–water partition coefficient (Wildman–Crippen LogP) is 4.57. The van der Waals surface area contributed by atoms with Crippen molar-refractivity contribution < 1.29 is 0 Å². The lowest BCUT2D eigenvalue weighted by Gasteiger charge is -2.29. The predicted molar refractivity (Wildman–Crippen MR) is 124 cm³/mol. The number of nitrogens with one attached hydrogen (secondary N) is 1. The number of hydrogen-bond acceptors (Lipinski definition) is 3. The van der Waals surface area contributed by atoms with Gasteiger partial charge in [0.25, 0.3) is 0 Å². The first-order valence-electron chi connectivity index (χ1n) is 10.5. The Morgan fingerprint density at radius 1 is 1.13 bits per heavy atom. The van der Waals surface area contributed by atoms with Crippen LogP contribution in [0.4, 0.5) is 0 Å². The molecule has 30 heavy (non-hydrogen) atoms. The van der Waals surface area contributed by atoms with Crippen LogP contribution in [0.2, 0.25) is 0 Å². The summed E-state index contributed by atoms with van der Waals surface area (Å²) in [5, 5.41) is 4.36. The van der Waals surface area contributed by atoms with Crippen molar-refractivity contribution in [3.8, 4) is 0 Å². The molecule has 1 N–H and O–H groups in total. The van der Waals surface area contributed by atoms with E-state index in [1.165, 1.54) is 22.5 Å². The highest BCUT2D eigenvalue weighted by Crippen LogP contribution is 2.41. The summed E-state index contributed by atoms with van der Waals surface area (Å²) in [6.07, 6.45) is 5.61. The molecule has 1 saturated heterocycles. The van der Waals surface area contributed by atoms with E-state index in [2.05, 4.69) is 70.6 Å². The Morgan fingerprint density at radius 2 is 1.97 bits per heavy atom. The molecule has 1 fully saturated rings. The third-order valence-electron chi connectivity index (χ3n) is 5.75. The van der Waals surface area contributed by atoms with E-state index in [-0.39, 0.29) is 12.1 Å². The van der Waals surface area contributed by atoms with Crippen molar-refractivity contribution in [3.63, 3.8) is 0 Å². The zero-order valence-corrected chi connectivity index (χ0v) is 18.9. The molecule has 2 atom stereocenters. The van der Waals surface area contributed by atoms with Crippen LogP contribution < -0.4 is 5.32 Å². The molecule has 1 aliphatic rings. The quantitative estimate of drug-likeness (QED) is 0.593. The van der Waals surface area contributed by atoms with Crippen LogP contribution in [0, 0.1) is 19.8 Å². The van der Waals surface area contributed by atoms with Crippen molar-refractivity contribution in [3.05, 3.63) is 83.2 Å². The number of aromatic nitrogens is 3. The smallest absolute Gasteiger partial charge is 0.170 e. The van der Waals surface area contributed by atoms with E-state index in [0.29, 0.717) is 5.92 Å². The fraction of sp³-hybridized carbons (Fsp3) is 0.375. The van der Waals surface area contributed by atoms with Gasteiger partial charge in [0.1, 0.15) is 0 Å². The fourth-order valence-electron chi connectivity index (χ4n) is 4.38. The molecule has 0 amide bonds. The van der Waals surface area contributed by atoms with Gasteiger partial charge in [-0.1, -0.05) is 26.0 Å². The normalized spacial score (nSPS) is 18.8. The molecule has 4 rings (SSSR count). The van der Waals surface area contributed by atoms with Gasteiger partial charge in [0.2, 0.25) is 0 Å². The van der Waals surface area contributed by atoms with E-state index in [4.69, 9.17) is 12.2 Å². The number of pyridine rings is 2. The number of thiocarbonyl (C=S) groups is 1. The van der Waals surface area contributed by atoms with Gasteiger partial charge >= 0.3 is 0 Å². The Kier molecular flexibility index (Phi) is 5.86. The summed E-state index contributed by atoms with van der Waals surface area (Å²) >= 11 is 5.77. The second-order valence-corrected chi connectivity index (χ2v) is 8.83. The van der Waals surface area contributed by atoms with Crippen LogP contribution in [0.5, 0.6) is 0 Å². The van der Waals surface area contributed by atoms with E-state index in [1.54, 1.807) is 0 Å². The average Bonchev–Trinajstić information content (AvgIpc) is 3.20. The Morgan fingerprint density at radius 3 is 2.63 bits per heavy atom. The van der Waals surface area contributed by atoms with E-state index in [1.807, 2.05) is 36.8 Å². The number of rotatable bonds is 6. The Labute approximate surface area is 184 Å². The van der Waals surface area contributed by atoms with Crippen molar-refractivity contribution >= 4 is 17.3 Å². The standard InChI is InChI=1S/C24H29N5S/c1-16(2)14-29-23(22(27-24(29)30)21-9-5-6-11-26-21)20-12-17(3)28(18(20)4)15-19-8-7-10-25-13-19/h5-13,16,22-23H,14-15H2,1-4H3,(H,27,30)/t22-,23+/m1/s1. The zero-order chi connectivity index (χ0) is 21.3. The van der Waals surface area contributed by atoms with E-state index >= 15 is 0 Å². The molecule has 4 heterocycles. The molecule has 0 aliphatic carbocycles. The monoisotopic (exact) mass is 419 g/mol. The average molecular weight is 420 g/mol. The minimum Gasteiger partial charge on any atom is -0.352 e. The van der Waals surface area contributed by atoms with Crippen LogP contribution in [0.15, 0.2) is 55.0 Å². The molecule has 6 heteroatoms. The summed E-state index contributed by atoms with van der Waals surface area (Å²) in [7, 11) is 0. The Balaban J connectivity index is 1.76. The second kappa shape index (κ2) is 8.56. The number of aryl methyl sites for hydroxylation is 1. The number of nitrogens with zero attached hydrogens (tertiary/aromatic N) is 4. The van der Waals surface area contributed by atoms with Gasteiger partial charge in [0.15, 0.2) is 5.11 Å². The molecule has 0 aromatic carbocycles. The van der Waals surface area contributed by atoms with Crippen LogP contribution in [0.1, 0.15) is 54.1 Å². The minimum absolute atomic E-state index is 0.0322. The SMILES string of the molecule is Cc1cc([C@H]2[C@@H](c3ccccn3)NC(=S)N2CC(C)C)c(C)n1Cc1cccnc1. The molecule has 0 radical (unpaired) electrons. The topological polar surface area (TPSA) is 46.0 Å². The maximum atomic E-state index is 5.77. The van der Waals surface area contributed by atoms with Gasteiger partial charge in [0, 0.05) is 43.1 Å². The largest absolute Gasteiger partial charge is 0.352 e. The van der Waals surface area contributed by atoms with Gasteiger partial charge in [-0.05, 0) is 67.4 Å². The highest BCUT2D eigenvalue weighted by Gasteiger charge is 2.41. The Bertz CT molecular complexity index is 1010. The molecule has 0 spiro atoms. The van der Waals surface area contributed by atoms with Crippen molar-refractivity contribution in [2.24, 2.45) is 5.92 Å². The third-order valence-corrected chi connectivity index (χ3v) is 6.11. The molecular formula is C24H29N5S. The van der Waals surface area contributed by atoms with Gasteiger partial charge in [-0.25, -0.2) is 0 Å². The molecule has 0 saturated carbocycles. The lowest BCUT2D eigenvalue weighted by atomic mass is 9.96. The molecule has 0 bridgehead atoms. The van der Waals surface area contributed by atoms with Crippen molar-refractivity contribution in [2.45, 2.75) is 46.3 Å². The molecule has 3 aromatic rings. The van der Waals surface area contributed by atoms with Gasteiger partial charge in [-0.3, -0.25) is 9.97 Å². The fourth-order valence-corrected chi connectivity index (χ4v) is 4.69. The summed E-state index contributed by atoms with van der Waals surface area (Å²) in [6, 6.07) is 12.7. The van der Waals surface area contributed by atoms with Crippen LogP contribution >= 0.6 is 12.2 Å². The van der Waals surface area contributed by atoms with Crippen LogP contribution in [0.3, 0.4) is 0 Å². The molecule has 156 valence electrons. The lowest BCUT2D eigenvalue weighted by molar-refractivity contribution is 0.286. The molecular weight excluding hydrogens is 390 g/mol. The maximum Gasteiger partial charge on any atom is 0.170 e. The second-order valence-electron chi connectivity index (χ2n) is 8.45. The summed E-state index contributed by atoms with van der Waals surface area (Å²) in [5.41, 5.74) is 6.04. The van der Waals surface area contributed by atoms with Crippen molar-refractivity contribution in [1.82, 2.24) is 24.8 Å². The highest BCUT2D eigenvalue weighted by atomic mass is 32.1. The number of hydrogen-bond donors (Lipinski definition) is 1. The van der Waals surface area contributed by atoms with Gasteiger partial charge in [-0.2, -0.15) is 0 Å². The summed E-state index contributed by atoms with van der Waals surface area (Å²) in [5.74, 6) is 0.508. The van der Waals surface area contributed by atoms with Crippen molar-refractivity contribution in [2.75, 3.05) is 6.54 Å². The van der Waals surface area contributed by atoms with Gasteiger partial charge in [-0.15, -0.1) is 0 Å². The van der Waals surface area contributed by atoms with E-state index in [0.717, 1.165) is 23.9 Å². The summed E-state index contributed by atoms with van der Waals surface area (Å²) in [4.78, 5) is 11.3. The first-order chi connectivity index (χ1) is 14.5. The molecule has 1 aliphatic heterocycles. The van der Waals surface area contributed by atoms with Crippen LogP contribution in [-0.4, -0.2) is 31.1 Å². The van der Waals surface area contributed by atoms with E-state index in [9.17, 15) is 0 Å². The first-order valence-corrected chi connectivity index (χ1v) is 10.9. The van der Waals surface area contributed by atoms with Crippen molar-refractivity contribution in [1.29, 1.82) is 0 Å². The molecule has 3 aromatic heterocycles. The third kappa shape index (κ3) is 3.97. The minimum atomic E-state index is 0.0322.